The highest BCUT2D eigenvalue weighted by molar-refractivity contribution is 7.92. The Morgan fingerprint density at radius 3 is 2.56 bits per heavy atom. The van der Waals surface area contributed by atoms with E-state index in [1.54, 1.807) is 28.8 Å². The molecule has 0 spiro atoms. The monoisotopic (exact) mass is 520 g/mol. The molecule has 3 heterocycles. The summed E-state index contributed by atoms with van der Waals surface area (Å²) in [4.78, 5) is 22.6. The van der Waals surface area contributed by atoms with Crippen molar-refractivity contribution < 1.29 is 18.1 Å². The van der Waals surface area contributed by atoms with Gasteiger partial charge in [0, 0.05) is 17.7 Å². The average Bonchev–Trinajstić information content (AvgIpc) is 3.13. The standard InChI is InChI=1S/C20H14Cl2N6O5S/c21-18-17-19(25-20(22)24-18)26(11-23-17)16-9-27(15-4-2-1-3-12(15)10-33-16)34(31,32)14-7-5-13(6-8-14)28(29)30/h1-8,11,16H,9-10H2. The summed E-state index contributed by atoms with van der Waals surface area (Å²) in [6.07, 6.45) is 0.589. The predicted octanol–water partition coefficient (Wildman–Crippen LogP) is 3.97. The van der Waals surface area contributed by atoms with E-state index in [2.05, 4.69) is 15.0 Å². The van der Waals surface area contributed by atoms with Crippen LogP contribution in [0.2, 0.25) is 10.4 Å². The van der Waals surface area contributed by atoms with Crippen LogP contribution in [0.4, 0.5) is 11.4 Å². The number of halogens is 2. The lowest BCUT2D eigenvalue weighted by atomic mass is 10.2. The average molecular weight is 521 g/mol. The van der Waals surface area contributed by atoms with Gasteiger partial charge in [-0.3, -0.25) is 19.0 Å². The van der Waals surface area contributed by atoms with Crippen LogP contribution in [0.15, 0.2) is 59.8 Å². The summed E-state index contributed by atoms with van der Waals surface area (Å²) in [5.74, 6) is 0. The fraction of sp³-hybridized carbons (Fsp3) is 0.150. The number of nitro groups is 1. The molecule has 4 aromatic rings. The molecule has 5 rings (SSSR count). The number of aromatic nitrogens is 4. The fourth-order valence-corrected chi connectivity index (χ4v) is 5.60. The van der Waals surface area contributed by atoms with Gasteiger partial charge in [0.2, 0.25) is 5.28 Å². The zero-order valence-corrected chi connectivity index (χ0v) is 19.4. The molecular weight excluding hydrogens is 507 g/mol. The largest absolute Gasteiger partial charge is 0.351 e. The molecule has 1 atom stereocenters. The van der Waals surface area contributed by atoms with Gasteiger partial charge in [0.05, 0.1) is 35.0 Å². The SMILES string of the molecule is O=[N+]([O-])c1ccc(S(=O)(=O)N2CC(n3cnc4c(Cl)nc(Cl)nc43)OCc3ccccc32)cc1. The first-order chi connectivity index (χ1) is 16.3. The topological polar surface area (TPSA) is 133 Å². The fourth-order valence-electron chi connectivity index (χ4n) is 3.69. The molecule has 1 aliphatic heterocycles. The van der Waals surface area contributed by atoms with Crippen molar-refractivity contribution in [3.05, 3.63) is 81.0 Å². The Kier molecular flexibility index (Phi) is 5.60. The van der Waals surface area contributed by atoms with Crippen LogP contribution in [-0.2, 0) is 21.4 Å². The van der Waals surface area contributed by atoms with E-state index in [0.717, 1.165) is 12.1 Å². The number of imidazole rings is 1. The van der Waals surface area contributed by atoms with Crippen molar-refractivity contribution in [3.63, 3.8) is 0 Å². The maximum absolute atomic E-state index is 13.7. The summed E-state index contributed by atoms with van der Waals surface area (Å²) >= 11 is 12.1. The molecule has 1 aliphatic rings. The lowest BCUT2D eigenvalue weighted by Gasteiger charge is -2.27. The third-order valence-corrected chi connectivity index (χ3v) is 7.54. The number of nitrogens with zero attached hydrogens (tertiary/aromatic N) is 6. The van der Waals surface area contributed by atoms with Crippen LogP contribution >= 0.6 is 23.2 Å². The van der Waals surface area contributed by atoms with Crippen LogP contribution < -0.4 is 4.31 Å². The molecular formula is C20H14Cl2N6O5S. The molecule has 174 valence electrons. The molecule has 0 saturated heterocycles. The molecule has 0 fully saturated rings. The third-order valence-electron chi connectivity index (χ3n) is 5.31. The van der Waals surface area contributed by atoms with E-state index in [-0.39, 0.29) is 39.8 Å². The Balaban J connectivity index is 1.61. The van der Waals surface area contributed by atoms with Crippen molar-refractivity contribution in [3.8, 4) is 0 Å². The van der Waals surface area contributed by atoms with Crippen LogP contribution in [0.1, 0.15) is 11.8 Å². The lowest BCUT2D eigenvalue weighted by molar-refractivity contribution is -0.384. The number of rotatable bonds is 4. The number of sulfonamides is 1. The number of fused-ring (bicyclic) bond motifs is 2. The van der Waals surface area contributed by atoms with E-state index in [4.69, 9.17) is 27.9 Å². The number of hydrogen-bond acceptors (Lipinski definition) is 8. The zero-order valence-electron chi connectivity index (χ0n) is 17.1. The highest BCUT2D eigenvalue weighted by Crippen LogP contribution is 2.35. The summed E-state index contributed by atoms with van der Waals surface area (Å²) < 4.78 is 36.2. The van der Waals surface area contributed by atoms with E-state index in [1.807, 2.05) is 0 Å². The van der Waals surface area contributed by atoms with Gasteiger partial charge in [-0.15, -0.1) is 0 Å². The molecule has 0 amide bonds. The number of anilines is 1. The molecule has 14 heteroatoms. The van der Waals surface area contributed by atoms with Gasteiger partial charge in [0.1, 0.15) is 5.52 Å². The van der Waals surface area contributed by atoms with Gasteiger partial charge in [-0.25, -0.2) is 18.4 Å². The van der Waals surface area contributed by atoms with Gasteiger partial charge in [-0.05, 0) is 29.8 Å². The van der Waals surface area contributed by atoms with Gasteiger partial charge < -0.3 is 4.74 Å². The first kappa shape index (κ1) is 22.5. The summed E-state index contributed by atoms with van der Waals surface area (Å²) in [6.45, 7) is -0.0274. The Bertz CT molecular complexity index is 1530. The van der Waals surface area contributed by atoms with Crippen molar-refractivity contribution >= 4 is 55.8 Å². The van der Waals surface area contributed by atoms with E-state index in [1.165, 1.54) is 22.8 Å². The molecule has 1 unspecified atom stereocenters. The molecule has 0 radical (unpaired) electrons. The number of non-ortho nitro benzene ring substituents is 1. The highest BCUT2D eigenvalue weighted by Gasteiger charge is 2.34. The van der Waals surface area contributed by atoms with Crippen molar-refractivity contribution in [1.29, 1.82) is 0 Å². The Labute approximate surface area is 202 Å². The summed E-state index contributed by atoms with van der Waals surface area (Å²) in [5.41, 5.74) is 1.44. The molecule has 2 aromatic heterocycles. The van der Waals surface area contributed by atoms with Crippen LogP contribution in [-0.4, -0.2) is 39.4 Å². The summed E-state index contributed by atoms with van der Waals surface area (Å²) in [6, 6.07) is 11.6. The normalized spacial score (nSPS) is 16.3. The van der Waals surface area contributed by atoms with Gasteiger partial charge >= 0.3 is 0 Å². The minimum absolute atomic E-state index is 0.0565. The predicted molar refractivity (Wildman–Crippen MR) is 123 cm³/mol. The zero-order chi connectivity index (χ0) is 24.0. The Hall–Kier alpha value is -3.32. The van der Waals surface area contributed by atoms with Crippen LogP contribution in [0.25, 0.3) is 11.2 Å². The number of benzene rings is 2. The first-order valence-corrected chi connectivity index (χ1v) is 12.0. The Morgan fingerprint density at radius 1 is 1.09 bits per heavy atom. The smallest absolute Gasteiger partial charge is 0.269 e. The molecule has 0 N–H and O–H groups in total. The minimum Gasteiger partial charge on any atom is -0.351 e. The van der Waals surface area contributed by atoms with Crippen LogP contribution in [0, 0.1) is 10.1 Å². The molecule has 34 heavy (non-hydrogen) atoms. The number of para-hydroxylation sites is 1. The van der Waals surface area contributed by atoms with E-state index >= 15 is 0 Å². The van der Waals surface area contributed by atoms with Crippen molar-refractivity contribution in [2.75, 3.05) is 10.8 Å². The third kappa shape index (κ3) is 3.84. The van der Waals surface area contributed by atoms with Gasteiger partial charge in [0.25, 0.3) is 15.7 Å². The number of nitro benzene ring substituents is 1. The summed E-state index contributed by atoms with van der Waals surface area (Å²) in [5, 5.41) is 11.0. The Morgan fingerprint density at radius 2 is 1.82 bits per heavy atom. The number of ether oxygens (including phenoxy) is 1. The molecule has 0 aliphatic carbocycles. The summed E-state index contributed by atoms with van der Waals surface area (Å²) in [7, 11) is -4.12. The maximum Gasteiger partial charge on any atom is 0.269 e. The first-order valence-electron chi connectivity index (χ1n) is 9.78. The van der Waals surface area contributed by atoms with E-state index < -0.39 is 21.2 Å². The maximum atomic E-state index is 13.7. The van der Waals surface area contributed by atoms with Gasteiger partial charge in [-0.1, -0.05) is 29.8 Å². The van der Waals surface area contributed by atoms with Crippen LogP contribution in [0.5, 0.6) is 0 Å². The molecule has 0 bridgehead atoms. The van der Waals surface area contributed by atoms with E-state index in [9.17, 15) is 18.5 Å². The van der Waals surface area contributed by atoms with Gasteiger partial charge in [0.15, 0.2) is 17.0 Å². The van der Waals surface area contributed by atoms with E-state index in [0.29, 0.717) is 16.8 Å². The number of hydrogen-bond donors (Lipinski definition) is 0. The van der Waals surface area contributed by atoms with Gasteiger partial charge in [-0.2, -0.15) is 4.98 Å². The van der Waals surface area contributed by atoms with Crippen molar-refractivity contribution in [2.24, 2.45) is 0 Å². The van der Waals surface area contributed by atoms with Crippen molar-refractivity contribution in [2.45, 2.75) is 17.7 Å². The molecule has 11 nitrogen and oxygen atoms in total. The second-order valence-corrected chi connectivity index (χ2v) is 9.85. The van der Waals surface area contributed by atoms with Crippen LogP contribution in [0.3, 0.4) is 0 Å². The second-order valence-electron chi connectivity index (χ2n) is 7.29. The minimum atomic E-state index is -4.12. The lowest BCUT2D eigenvalue weighted by Crippen LogP contribution is -2.36. The second kappa shape index (κ2) is 8.47. The molecule has 0 saturated carbocycles. The van der Waals surface area contributed by atoms with Crippen molar-refractivity contribution in [1.82, 2.24) is 19.5 Å². The molecule has 2 aromatic carbocycles. The highest BCUT2D eigenvalue weighted by atomic mass is 35.5. The quantitative estimate of drug-likeness (QED) is 0.171.